The summed E-state index contributed by atoms with van der Waals surface area (Å²) in [6.45, 7) is 2.23. The molecule has 1 atom stereocenters. The van der Waals surface area contributed by atoms with Gasteiger partial charge in [-0.15, -0.1) is 0 Å². The zero-order valence-electron chi connectivity index (χ0n) is 13.8. The molecular formula is C19H27NO3. The first-order valence-electron chi connectivity index (χ1n) is 8.94. The first-order chi connectivity index (χ1) is 11.3. The second kappa shape index (κ2) is 8.34. The molecule has 1 aliphatic carbocycles. The largest absolute Gasteiger partial charge is 0.491 e. The summed E-state index contributed by atoms with van der Waals surface area (Å²) >= 11 is 0. The molecule has 2 fully saturated rings. The van der Waals surface area contributed by atoms with Crippen LogP contribution in [0.25, 0.3) is 0 Å². The summed E-state index contributed by atoms with van der Waals surface area (Å²) in [4.78, 5) is 12.2. The van der Waals surface area contributed by atoms with E-state index < -0.39 is 0 Å². The highest BCUT2D eigenvalue weighted by atomic mass is 16.5. The molecule has 1 unspecified atom stereocenters. The lowest BCUT2D eigenvalue weighted by atomic mass is 9.89. The molecule has 1 aromatic rings. The number of rotatable bonds is 6. The van der Waals surface area contributed by atoms with E-state index in [1.807, 2.05) is 24.3 Å². The normalized spacial score (nSPS) is 22.0. The summed E-state index contributed by atoms with van der Waals surface area (Å²) in [5.41, 5.74) is 0.699. The van der Waals surface area contributed by atoms with Crippen LogP contribution in [-0.4, -0.2) is 31.8 Å². The van der Waals surface area contributed by atoms with Gasteiger partial charge in [-0.25, -0.2) is 0 Å². The van der Waals surface area contributed by atoms with Gasteiger partial charge >= 0.3 is 0 Å². The highest BCUT2D eigenvalue weighted by Crippen LogP contribution is 2.23. The van der Waals surface area contributed by atoms with Crippen molar-refractivity contribution in [3.05, 3.63) is 29.8 Å². The fourth-order valence-corrected chi connectivity index (χ4v) is 3.40. The third kappa shape index (κ3) is 4.96. The van der Waals surface area contributed by atoms with Crippen molar-refractivity contribution in [2.75, 3.05) is 19.8 Å². The summed E-state index contributed by atoms with van der Waals surface area (Å²) in [7, 11) is 0. The average molecular weight is 317 g/mol. The highest BCUT2D eigenvalue weighted by molar-refractivity contribution is 5.94. The maximum atomic E-state index is 12.2. The Morgan fingerprint density at radius 3 is 2.57 bits per heavy atom. The molecule has 1 saturated heterocycles. The van der Waals surface area contributed by atoms with Crippen LogP contribution in [0, 0.1) is 5.92 Å². The molecule has 1 aromatic carbocycles. The molecule has 0 spiro atoms. The standard InChI is InChI=1S/C19H27NO3/c21-19(20-13-15-5-2-1-3-6-15)16-8-10-17(11-9-16)23-14-18-7-4-12-22-18/h8-11,15,18H,1-7,12-14H2,(H,20,21). The summed E-state index contributed by atoms with van der Waals surface area (Å²) < 4.78 is 11.3. The van der Waals surface area contributed by atoms with Crippen molar-refractivity contribution in [2.24, 2.45) is 5.92 Å². The number of hydrogen-bond donors (Lipinski definition) is 1. The van der Waals surface area contributed by atoms with E-state index in [1.54, 1.807) is 0 Å². The molecule has 0 radical (unpaired) electrons. The summed E-state index contributed by atoms with van der Waals surface area (Å²) in [5.74, 6) is 1.47. The van der Waals surface area contributed by atoms with Crippen LogP contribution in [0.4, 0.5) is 0 Å². The molecule has 4 nitrogen and oxygen atoms in total. The molecule has 1 saturated carbocycles. The molecule has 0 aromatic heterocycles. The second-order valence-corrected chi connectivity index (χ2v) is 6.68. The van der Waals surface area contributed by atoms with Crippen LogP contribution < -0.4 is 10.1 Å². The molecule has 1 heterocycles. The van der Waals surface area contributed by atoms with E-state index in [-0.39, 0.29) is 12.0 Å². The van der Waals surface area contributed by atoms with E-state index in [4.69, 9.17) is 9.47 Å². The number of benzene rings is 1. The van der Waals surface area contributed by atoms with Gasteiger partial charge < -0.3 is 14.8 Å². The predicted molar refractivity (Wildman–Crippen MR) is 89.8 cm³/mol. The van der Waals surface area contributed by atoms with Gasteiger partial charge in [0.1, 0.15) is 12.4 Å². The molecule has 4 heteroatoms. The van der Waals surface area contributed by atoms with E-state index in [1.165, 1.54) is 32.1 Å². The van der Waals surface area contributed by atoms with Crippen LogP contribution >= 0.6 is 0 Å². The maximum absolute atomic E-state index is 12.2. The van der Waals surface area contributed by atoms with Gasteiger partial charge in [0.25, 0.3) is 5.91 Å². The lowest BCUT2D eigenvalue weighted by molar-refractivity contribution is 0.0679. The van der Waals surface area contributed by atoms with Crippen LogP contribution in [0.5, 0.6) is 5.75 Å². The van der Waals surface area contributed by atoms with Gasteiger partial charge in [-0.3, -0.25) is 4.79 Å². The Balaban J connectivity index is 1.43. The van der Waals surface area contributed by atoms with Crippen molar-refractivity contribution >= 4 is 5.91 Å². The van der Waals surface area contributed by atoms with Crippen molar-refractivity contribution in [1.29, 1.82) is 0 Å². The smallest absolute Gasteiger partial charge is 0.251 e. The Hall–Kier alpha value is -1.55. The van der Waals surface area contributed by atoms with Gasteiger partial charge in [-0.05, 0) is 55.9 Å². The molecule has 1 aliphatic heterocycles. The molecule has 0 bridgehead atoms. The Labute approximate surface area is 138 Å². The molecule has 1 amide bonds. The van der Waals surface area contributed by atoms with Crippen molar-refractivity contribution in [2.45, 2.75) is 51.0 Å². The van der Waals surface area contributed by atoms with Crippen LogP contribution in [-0.2, 0) is 4.74 Å². The van der Waals surface area contributed by atoms with Gasteiger partial charge in [0.2, 0.25) is 0 Å². The molecule has 126 valence electrons. The Morgan fingerprint density at radius 1 is 1.09 bits per heavy atom. The van der Waals surface area contributed by atoms with Crippen molar-refractivity contribution < 1.29 is 14.3 Å². The maximum Gasteiger partial charge on any atom is 0.251 e. The molecule has 2 aliphatic rings. The Morgan fingerprint density at radius 2 is 1.87 bits per heavy atom. The lowest BCUT2D eigenvalue weighted by Gasteiger charge is -2.21. The first kappa shape index (κ1) is 16.3. The first-order valence-corrected chi connectivity index (χ1v) is 8.94. The van der Waals surface area contributed by atoms with Gasteiger partial charge in [0.15, 0.2) is 0 Å². The molecule has 3 rings (SSSR count). The Bertz CT molecular complexity index is 488. The number of hydrogen-bond acceptors (Lipinski definition) is 3. The fourth-order valence-electron chi connectivity index (χ4n) is 3.40. The van der Waals surface area contributed by atoms with Crippen LogP contribution in [0.2, 0.25) is 0 Å². The summed E-state index contributed by atoms with van der Waals surface area (Å²) in [5, 5.41) is 3.07. The summed E-state index contributed by atoms with van der Waals surface area (Å²) in [6, 6.07) is 7.40. The van der Waals surface area contributed by atoms with E-state index in [0.29, 0.717) is 18.1 Å². The lowest BCUT2D eigenvalue weighted by Crippen LogP contribution is -2.30. The van der Waals surface area contributed by atoms with Gasteiger partial charge in [-0.2, -0.15) is 0 Å². The third-order valence-corrected chi connectivity index (χ3v) is 4.85. The minimum atomic E-state index is 0.0150. The number of ether oxygens (including phenoxy) is 2. The number of amides is 1. The monoisotopic (exact) mass is 317 g/mol. The average Bonchev–Trinajstić information content (AvgIpc) is 3.13. The quantitative estimate of drug-likeness (QED) is 0.873. The van der Waals surface area contributed by atoms with Crippen molar-refractivity contribution in [3.8, 4) is 5.75 Å². The third-order valence-electron chi connectivity index (χ3n) is 4.85. The molecule has 23 heavy (non-hydrogen) atoms. The zero-order valence-corrected chi connectivity index (χ0v) is 13.8. The molecular weight excluding hydrogens is 290 g/mol. The van der Waals surface area contributed by atoms with Crippen molar-refractivity contribution in [1.82, 2.24) is 5.32 Å². The van der Waals surface area contributed by atoms with Gasteiger partial charge in [0.05, 0.1) is 6.10 Å². The minimum absolute atomic E-state index is 0.0150. The van der Waals surface area contributed by atoms with Crippen LogP contribution in [0.3, 0.4) is 0 Å². The Kier molecular flexibility index (Phi) is 5.92. The fraction of sp³-hybridized carbons (Fsp3) is 0.632. The van der Waals surface area contributed by atoms with Crippen LogP contribution in [0.1, 0.15) is 55.3 Å². The highest BCUT2D eigenvalue weighted by Gasteiger charge is 2.17. The number of nitrogens with one attached hydrogen (secondary N) is 1. The van der Waals surface area contributed by atoms with Crippen molar-refractivity contribution in [3.63, 3.8) is 0 Å². The number of carbonyl (C=O) groups is 1. The minimum Gasteiger partial charge on any atom is -0.491 e. The zero-order chi connectivity index (χ0) is 15.9. The predicted octanol–water partition coefficient (Wildman–Crippen LogP) is 3.55. The van der Waals surface area contributed by atoms with E-state index >= 15 is 0 Å². The topological polar surface area (TPSA) is 47.6 Å². The van der Waals surface area contributed by atoms with E-state index in [2.05, 4.69) is 5.32 Å². The van der Waals surface area contributed by atoms with Gasteiger partial charge in [0, 0.05) is 18.7 Å². The summed E-state index contributed by atoms with van der Waals surface area (Å²) in [6.07, 6.45) is 8.85. The second-order valence-electron chi connectivity index (χ2n) is 6.68. The number of carbonyl (C=O) groups excluding carboxylic acids is 1. The SMILES string of the molecule is O=C(NCC1CCCCC1)c1ccc(OCC2CCCO2)cc1. The van der Waals surface area contributed by atoms with E-state index in [0.717, 1.165) is 31.7 Å². The van der Waals surface area contributed by atoms with Crippen LogP contribution in [0.15, 0.2) is 24.3 Å². The molecule has 1 N–H and O–H groups in total. The van der Waals surface area contributed by atoms with Gasteiger partial charge in [-0.1, -0.05) is 19.3 Å². The van der Waals surface area contributed by atoms with E-state index in [9.17, 15) is 4.79 Å².